The predicted molar refractivity (Wildman–Crippen MR) is 113 cm³/mol. The third-order valence-corrected chi connectivity index (χ3v) is 4.85. The zero-order valence-electron chi connectivity index (χ0n) is 16.4. The standard InChI is InChI=1S/C22H21ClN2O4/c1-5-10-25-21(26)19(14-7-9-17(28-3)18(11-14)29-4)20(22(25)27)24-16-12-15(23)8-6-13(16)2/h5-9,11-12,24H,1,10H2,2-4H3. The number of methoxy groups -OCH3 is 2. The second-order valence-electron chi connectivity index (χ2n) is 6.41. The molecule has 2 aromatic carbocycles. The van der Waals surface area contributed by atoms with Gasteiger partial charge >= 0.3 is 0 Å². The number of hydrogen-bond donors (Lipinski definition) is 1. The number of rotatable bonds is 7. The Morgan fingerprint density at radius 2 is 1.79 bits per heavy atom. The number of nitrogens with zero attached hydrogens (tertiary/aromatic N) is 1. The number of anilines is 1. The summed E-state index contributed by atoms with van der Waals surface area (Å²) < 4.78 is 10.6. The van der Waals surface area contributed by atoms with E-state index in [9.17, 15) is 9.59 Å². The first kappa shape index (κ1) is 20.5. The monoisotopic (exact) mass is 412 g/mol. The summed E-state index contributed by atoms with van der Waals surface area (Å²) in [5.41, 5.74) is 2.49. The average Bonchev–Trinajstić information content (AvgIpc) is 2.94. The van der Waals surface area contributed by atoms with Gasteiger partial charge in [0.1, 0.15) is 5.70 Å². The van der Waals surface area contributed by atoms with Gasteiger partial charge in [-0.3, -0.25) is 14.5 Å². The second kappa shape index (κ2) is 8.41. The quantitative estimate of drug-likeness (QED) is 0.549. The summed E-state index contributed by atoms with van der Waals surface area (Å²) in [6, 6.07) is 10.4. The van der Waals surface area contributed by atoms with Gasteiger partial charge in [-0.1, -0.05) is 29.8 Å². The summed E-state index contributed by atoms with van der Waals surface area (Å²) in [6.07, 6.45) is 1.51. The average molecular weight is 413 g/mol. The Morgan fingerprint density at radius 3 is 2.45 bits per heavy atom. The van der Waals surface area contributed by atoms with Crippen LogP contribution in [0.15, 0.2) is 54.8 Å². The largest absolute Gasteiger partial charge is 0.493 e. The molecule has 1 N–H and O–H groups in total. The summed E-state index contributed by atoms with van der Waals surface area (Å²) in [6.45, 7) is 5.63. The highest BCUT2D eigenvalue weighted by Crippen LogP contribution is 2.36. The fraction of sp³-hybridized carbons (Fsp3) is 0.182. The molecule has 0 atom stereocenters. The van der Waals surface area contributed by atoms with Crippen LogP contribution in [0.1, 0.15) is 11.1 Å². The predicted octanol–water partition coefficient (Wildman–Crippen LogP) is 4.04. The van der Waals surface area contributed by atoms with Gasteiger partial charge in [0.05, 0.1) is 19.8 Å². The van der Waals surface area contributed by atoms with E-state index in [-0.39, 0.29) is 17.8 Å². The first-order valence-corrected chi connectivity index (χ1v) is 9.26. The molecule has 0 aromatic heterocycles. The number of amides is 2. The van der Waals surface area contributed by atoms with Gasteiger partial charge in [0.2, 0.25) is 0 Å². The summed E-state index contributed by atoms with van der Waals surface area (Å²) in [4.78, 5) is 27.2. The topological polar surface area (TPSA) is 67.9 Å². The molecule has 0 saturated carbocycles. The van der Waals surface area contributed by atoms with Gasteiger partial charge in [0.25, 0.3) is 11.8 Å². The van der Waals surface area contributed by atoms with Crippen molar-refractivity contribution in [3.05, 3.63) is 70.9 Å². The molecule has 7 heteroatoms. The Kier molecular flexibility index (Phi) is 5.94. The molecule has 0 spiro atoms. The molecule has 1 heterocycles. The van der Waals surface area contributed by atoms with E-state index < -0.39 is 11.8 Å². The lowest BCUT2D eigenvalue weighted by Crippen LogP contribution is -2.32. The molecule has 1 aliphatic heterocycles. The van der Waals surface area contributed by atoms with Crippen molar-refractivity contribution in [2.24, 2.45) is 0 Å². The van der Waals surface area contributed by atoms with E-state index in [0.717, 1.165) is 10.5 Å². The molecular formula is C22H21ClN2O4. The van der Waals surface area contributed by atoms with Crippen LogP contribution >= 0.6 is 11.6 Å². The Bertz CT molecular complexity index is 1030. The van der Waals surface area contributed by atoms with Crippen molar-refractivity contribution in [1.29, 1.82) is 0 Å². The maximum atomic E-state index is 13.1. The molecular weight excluding hydrogens is 392 g/mol. The first-order valence-electron chi connectivity index (χ1n) is 8.88. The third kappa shape index (κ3) is 3.84. The maximum Gasteiger partial charge on any atom is 0.278 e. The Balaban J connectivity index is 2.16. The first-order chi connectivity index (χ1) is 13.9. The van der Waals surface area contributed by atoms with E-state index >= 15 is 0 Å². The molecule has 150 valence electrons. The van der Waals surface area contributed by atoms with Crippen LogP contribution in [0, 0.1) is 6.92 Å². The molecule has 0 unspecified atom stereocenters. The number of halogens is 1. The number of hydrogen-bond acceptors (Lipinski definition) is 5. The summed E-state index contributed by atoms with van der Waals surface area (Å²) in [5, 5.41) is 3.63. The van der Waals surface area contributed by atoms with Crippen molar-refractivity contribution < 1.29 is 19.1 Å². The fourth-order valence-corrected chi connectivity index (χ4v) is 3.28. The molecule has 3 rings (SSSR count). The van der Waals surface area contributed by atoms with E-state index in [2.05, 4.69) is 11.9 Å². The van der Waals surface area contributed by atoms with Crippen molar-refractivity contribution >= 4 is 34.7 Å². The van der Waals surface area contributed by atoms with Crippen LogP contribution in [0.4, 0.5) is 5.69 Å². The molecule has 0 saturated heterocycles. The number of benzene rings is 2. The van der Waals surface area contributed by atoms with E-state index in [4.69, 9.17) is 21.1 Å². The Morgan fingerprint density at radius 1 is 1.07 bits per heavy atom. The van der Waals surface area contributed by atoms with Crippen molar-refractivity contribution in [1.82, 2.24) is 4.90 Å². The van der Waals surface area contributed by atoms with E-state index in [1.54, 1.807) is 30.3 Å². The number of carbonyl (C=O) groups is 2. The minimum atomic E-state index is -0.431. The second-order valence-corrected chi connectivity index (χ2v) is 6.85. The van der Waals surface area contributed by atoms with Gasteiger partial charge in [-0.2, -0.15) is 0 Å². The molecule has 2 aromatic rings. The van der Waals surface area contributed by atoms with Crippen LogP contribution in [0.2, 0.25) is 5.02 Å². The molecule has 0 bridgehead atoms. The molecule has 2 amide bonds. The van der Waals surface area contributed by atoms with E-state index in [1.807, 2.05) is 13.0 Å². The maximum absolute atomic E-state index is 13.1. The highest BCUT2D eigenvalue weighted by Gasteiger charge is 2.39. The molecule has 6 nitrogen and oxygen atoms in total. The zero-order valence-corrected chi connectivity index (χ0v) is 17.2. The van der Waals surface area contributed by atoms with Gasteiger partial charge in [-0.15, -0.1) is 6.58 Å². The molecule has 29 heavy (non-hydrogen) atoms. The zero-order chi connectivity index (χ0) is 21.1. The summed E-state index contributed by atoms with van der Waals surface area (Å²) in [7, 11) is 3.04. The lowest BCUT2D eigenvalue weighted by Gasteiger charge is -2.13. The number of carbonyl (C=O) groups excluding carboxylic acids is 2. The van der Waals surface area contributed by atoms with Crippen LogP contribution in [0.3, 0.4) is 0 Å². The fourth-order valence-electron chi connectivity index (χ4n) is 3.11. The van der Waals surface area contributed by atoms with Gasteiger partial charge in [-0.25, -0.2) is 0 Å². The molecule has 1 aliphatic rings. The Labute approximate surface area is 174 Å². The van der Waals surface area contributed by atoms with Gasteiger partial charge in [0.15, 0.2) is 11.5 Å². The van der Waals surface area contributed by atoms with Crippen LogP contribution in [-0.4, -0.2) is 37.5 Å². The van der Waals surface area contributed by atoms with Gasteiger partial charge in [-0.05, 0) is 42.3 Å². The SMILES string of the molecule is C=CCN1C(=O)C(Nc2cc(Cl)ccc2C)=C(c2ccc(OC)c(OC)c2)C1=O. The van der Waals surface area contributed by atoms with E-state index in [1.165, 1.54) is 20.3 Å². The number of nitrogens with one attached hydrogen (secondary N) is 1. The number of aryl methyl sites for hydroxylation is 1. The van der Waals surface area contributed by atoms with Crippen molar-refractivity contribution in [3.63, 3.8) is 0 Å². The van der Waals surface area contributed by atoms with Gasteiger partial charge < -0.3 is 14.8 Å². The smallest absolute Gasteiger partial charge is 0.278 e. The third-order valence-electron chi connectivity index (χ3n) is 4.61. The molecule has 0 radical (unpaired) electrons. The van der Waals surface area contributed by atoms with Gasteiger partial charge in [0, 0.05) is 17.3 Å². The number of imide groups is 1. The number of ether oxygens (including phenoxy) is 2. The minimum absolute atomic E-state index is 0.105. The van der Waals surface area contributed by atoms with E-state index in [0.29, 0.717) is 27.8 Å². The summed E-state index contributed by atoms with van der Waals surface area (Å²) in [5.74, 6) is 0.137. The minimum Gasteiger partial charge on any atom is -0.493 e. The van der Waals surface area contributed by atoms with Crippen molar-refractivity contribution in [2.45, 2.75) is 6.92 Å². The van der Waals surface area contributed by atoms with Crippen LogP contribution in [0.25, 0.3) is 5.57 Å². The van der Waals surface area contributed by atoms with Crippen LogP contribution in [-0.2, 0) is 9.59 Å². The van der Waals surface area contributed by atoms with Crippen molar-refractivity contribution in [2.75, 3.05) is 26.1 Å². The molecule has 0 fully saturated rings. The van der Waals surface area contributed by atoms with Crippen LogP contribution in [0.5, 0.6) is 11.5 Å². The highest BCUT2D eigenvalue weighted by molar-refractivity contribution is 6.36. The van der Waals surface area contributed by atoms with Crippen molar-refractivity contribution in [3.8, 4) is 11.5 Å². The Hall–Kier alpha value is -3.25. The lowest BCUT2D eigenvalue weighted by atomic mass is 10.0. The summed E-state index contributed by atoms with van der Waals surface area (Å²) >= 11 is 6.11. The lowest BCUT2D eigenvalue weighted by molar-refractivity contribution is -0.136. The molecule has 0 aliphatic carbocycles. The van der Waals surface area contributed by atoms with Crippen LogP contribution < -0.4 is 14.8 Å². The normalized spacial score (nSPS) is 13.7. The highest BCUT2D eigenvalue weighted by atomic mass is 35.5.